The molecular formula is C16H36N2O4. The average molecular weight is 320 g/mol. The molecule has 0 saturated carbocycles. The van der Waals surface area contributed by atoms with Crippen LogP contribution in [-0.2, 0) is 9.59 Å². The van der Waals surface area contributed by atoms with Crippen LogP contribution in [0.3, 0.4) is 0 Å². The SMILES string of the molecule is C.CC(=O)/C=C(/C)O.CCN.CCN/C(C)=C\C(C)=O.CO. The van der Waals surface area contributed by atoms with E-state index in [9.17, 15) is 9.59 Å². The minimum atomic E-state index is -0.125. The molecule has 0 aromatic heterocycles. The fourth-order valence-corrected chi connectivity index (χ4v) is 0.929. The highest BCUT2D eigenvalue weighted by Crippen LogP contribution is 1.84. The Morgan fingerprint density at radius 3 is 1.45 bits per heavy atom. The van der Waals surface area contributed by atoms with Crippen molar-refractivity contribution in [3.8, 4) is 0 Å². The predicted octanol–water partition coefficient (Wildman–Crippen LogP) is 2.34. The highest BCUT2D eigenvalue weighted by atomic mass is 16.3. The lowest BCUT2D eigenvalue weighted by Gasteiger charge is -1.99. The van der Waals surface area contributed by atoms with Gasteiger partial charge in [0.05, 0.1) is 5.76 Å². The first-order valence-corrected chi connectivity index (χ1v) is 6.66. The minimum Gasteiger partial charge on any atom is -0.512 e. The molecule has 22 heavy (non-hydrogen) atoms. The lowest BCUT2D eigenvalue weighted by Crippen LogP contribution is -2.10. The number of rotatable bonds is 4. The van der Waals surface area contributed by atoms with Crippen LogP contribution in [0.1, 0.15) is 49.0 Å². The summed E-state index contributed by atoms with van der Waals surface area (Å²) in [6.45, 7) is 11.8. The quantitative estimate of drug-likeness (QED) is 0.467. The van der Waals surface area contributed by atoms with E-state index in [1.54, 1.807) is 13.0 Å². The van der Waals surface area contributed by atoms with Gasteiger partial charge in [-0.2, -0.15) is 0 Å². The van der Waals surface area contributed by atoms with Crippen molar-refractivity contribution in [1.29, 1.82) is 0 Å². The molecule has 0 aromatic rings. The molecule has 0 amide bonds. The zero-order valence-corrected chi connectivity index (χ0v) is 14.4. The van der Waals surface area contributed by atoms with Crippen molar-refractivity contribution in [2.75, 3.05) is 20.2 Å². The Morgan fingerprint density at radius 1 is 1.00 bits per heavy atom. The van der Waals surface area contributed by atoms with Gasteiger partial charge in [0.25, 0.3) is 0 Å². The maximum Gasteiger partial charge on any atom is 0.155 e. The van der Waals surface area contributed by atoms with Crippen molar-refractivity contribution in [2.24, 2.45) is 5.73 Å². The van der Waals surface area contributed by atoms with Crippen molar-refractivity contribution in [2.45, 2.75) is 49.0 Å². The highest BCUT2D eigenvalue weighted by molar-refractivity contribution is 5.87. The van der Waals surface area contributed by atoms with Crippen LogP contribution < -0.4 is 11.1 Å². The smallest absolute Gasteiger partial charge is 0.155 e. The van der Waals surface area contributed by atoms with Gasteiger partial charge >= 0.3 is 0 Å². The number of hydrogen-bond donors (Lipinski definition) is 4. The molecular weight excluding hydrogens is 284 g/mol. The fourth-order valence-electron chi connectivity index (χ4n) is 0.929. The maximum atomic E-state index is 10.4. The molecule has 0 atom stereocenters. The Labute approximate surface area is 136 Å². The van der Waals surface area contributed by atoms with Gasteiger partial charge in [0.2, 0.25) is 0 Å². The summed E-state index contributed by atoms with van der Waals surface area (Å²) in [4.78, 5) is 20.4. The van der Waals surface area contributed by atoms with E-state index in [1.165, 1.54) is 19.9 Å². The Balaban J connectivity index is -0.0000000663. The molecule has 0 heterocycles. The van der Waals surface area contributed by atoms with E-state index in [0.29, 0.717) is 0 Å². The van der Waals surface area contributed by atoms with Gasteiger partial charge in [-0.1, -0.05) is 14.4 Å². The van der Waals surface area contributed by atoms with Crippen LogP contribution in [0.2, 0.25) is 0 Å². The number of nitrogens with one attached hydrogen (secondary N) is 1. The number of carbonyl (C=O) groups is 2. The van der Waals surface area contributed by atoms with E-state index in [2.05, 4.69) is 5.32 Å². The second-order valence-electron chi connectivity index (χ2n) is 3.77. The van der Waals surface area contributed by atoms with E-state index in [4.69, 9.17) is 15.9 Å². The summed E-state index contributed by atoms with van der Waals surface area (Å²) >= 11 is 0. The van der Waals surface area contributed by atoms with E-state index >= 15 is 0 Å². The standard InChI is InChI=1S/C7H13NO.C5H8O2.C2H7N.CH4O.CH4/c1-4-8-6(2)5-7(3)9;1-4(6)3-5(2)7;1-2-3;1-2;/h5,8H,4H2,1-3H3;3,6H,1-2H3;2-3H2,1H3;2H,1H3;1H4/b6-5-;4-3-;;;. The van der Waals surface area contributed by atoms with Crippen molar-refractivity contribution >= 4 is 11.6 Å². The maximum absolute atomic E-state index is 10.4. The Bertz CT molecular complexity index is 307. The van der Waals surface area contributed by atoms with E-state index in [1.807, 2.05) is 20.8 Å². The number of ketones is 2. The Hall–Kier alpha value is -1.66. The summed E-state index contributed by atoms with van der Waals surface area (Å²) in [5.41, 5.74) is 5.78. The number of aliphatic hydroxyl groups excluding tert-OH is 2. The molecule has 6 heteroatoms. The van der Waals surface area contributed by atoms with Gasteiger partial charge in [-0.3, -0.25) is 9.59 Å². The molecule has 0 bridgehead atoms. The van der Waals surface area contributed by atoms with Gasteiger partial charge in [0.1, 0.15) is 0 Å². The van der Waals surface area contributed by atoms with Crippen LogP contribution in [-0.4, -0.2) is 42.0 Å². The van der Waals surface area contributed by atoms with Crippen molar-refractivity contribution in [1.82, 2.24) is 5.32 Å². The molecule has 0 radical (unpaired) electrons. The van der Waals surface area contributed by atoms with E-state index < -0.39 is 0 Å². The third kappa shape index (κ3) is 63.2. The second kappa shape index (κ2) is 27.6. The minimum absolute atomic E-state index is 0. The van der Waals surface area contributed by atoms with Crippen LogP contribution >= 0.6 is 0 Å². The van der Waals surface area contributed by atoms with Gasteiger partial charge in [-0.05, 0) is 47.2 Å². The number of carbonyl (C=O) groups excluding carboxylic acids is 2. The number of hydrogen-bond acceptors (Lipinski definition) is 6. The van der Waals surface area contributed by atoms with Crippen LogP contribution in [0.25, 0.3) is 0 Å². The summed E-state index contributed by atoms with van der Waals surface area (Å²) in [5.74, 6) is 0.0287. The topological polar surface area (TPSA) is 113 Å². The Kier molecular flexibility index (Phi) is 40.6. The van der Waals surface area contributed by atoms with Crippen molar-refractivity contribution < 1.29 is 19.8 Å². The second-order valence-corrected chi connectivity index (χ2v) is 3.77. The first-order chi connectivity index (χ1) is 9.70. The third-order valence-corrected chi connectivity index (χ3v) is 1.29. The number of allylic oxidation sites excluding steroid dienone is 4. The van der Waals surface area contributed by atoms with Gasteiger partial charge < -0.3 is 21.3 Å². The zero-order chi connectivity index (χ0) is 17.8. The Morgan fingerprint density at radius 2 is 1.32 bits per heavy atom. The first-order valence-electron chi connectivity index (χ1n) is 6.66. The lowest BCUT2D eigenvalue weighted by atomic mass is 10.3. The molecule has 0 saturated heterocycles. The van der Waals surface area contributed by atoms with Gasteiger partial charge in [0, 0.05) is 25.4 Å². The summed E-state index contributed by atoms with van der Waals surface area (Å²) in [5, 5.41) is 18.4. The molecule has 0 aliphatic carbocycles. The molecule has 0 fully saturated rings. The van der Waals surface area contributed by atoms with Gasteiger partial charge in [-0.25, -0.2) is 0 Å². The molecule has 0 aliphatic rings. The molecule has 0 aliphatic heterocycles. The normalized spacial score (nSPS) is 9.32. The summed E-state index contributed by atoms with van der Waals surface area (Å²) < 4.78 is 0. The zero-order valence-electron chi connectivity index (χ0n) is 14.4. The summed E-state index contributed by atoms with van der Waals surface area (Å²) in [6.07, 6.45) is 2.75. The monoisotopic (exact) mass is 320 g/mol. The molecule has 134 valence electrons. The number of nitrogens with two attached hydrogens (primary N) is 1. The van der Waals surface area contributed by atoms with E-state index in [0.717, 1.165) is 25.9 Å². The van der Waals surface area contributed by atoms with Crippen LogP contribution in [0.15, 0.2) is 23.6 Å². The third-order valence-electron chi connectivity index (χ3n) is 1.29. The fraction of sp³-hybridized carbons (Fsp3) is 0.625. The molecule has 6 nitrogen and oxygen atoms in total. The summed E-state index contributed by atoms with van der Waals surface area (Å²) in [6, 6.07) is 0. The lowest BCUT2D eigenvalue weighted by molar-refractivity contribution is -0.113. The largest absolute Gasteiger partial charge is 0.512 e. The highest BCUT2D eigenvalue weighted by Gasteiger charge is 1.86. The van der Waals surface area contributed by atoms with E-state index in [-0.39, 0.29) is 24.8 Å². The molecule has 0 spiro atoms. The first kappa shape index (κ1) is 32.3. The molecule has 0 unspecified atom stereocenters. The van der Waals surface area contributed by atoms with Crippen LogP contribution in [0, 0.1) is 0 Å². The summed E-state index contributed by atoms with van der Waals surface area (Å²) in [7, 11) is 1.00. The molecule has 0 aromatic carbocycles. The average Bonchev–Trinajstić information content (AvgIpc) is 2.30. The van der Waals surface area contributed by atoms with Crippen molar-refractivity contribution in [3.63, 3.8) is 0 Å². The predicted molar refractivity (Wildman–Crippen MR) is 94.8 cm³/mol. The molecule has 5 N–H and O–H groups in total. The van der Waals surface area contributed by atoms with Gasteiger partial charge in [0.15, 0.2) is 11.6 Å². The molecule has 0 rings (SSSR count). The number of aliphatic hydroxyl groups is 2. The van der Waals surface area contributed by atoms with Crippen LogP contribution in [0.5, 0.6) is 0 Å². The van der Waals surface area contributed by atoms with Crippen LogP contribution in [0.4, 0.5) is 0 Å². The van der Waals surface area contributed by atoms with Crippen molar-refractivity contribution in [3.05, 3.63) is 23.6 Å². The van der Waals surface area contributed by atoms with Gasteiger partial charge in [-0.15, -0.1) is 0 Å².